The van der Waals surface area contributed by atoms with Gasteiger partial charge in [-0.3, -0.25) is 0 Å². The Balaban J connectivity index is 2.65. The third-order valence-electron chi connectivity index (χ3n) is 1.35. The molecule has 0 fully saturated rings. The van der Waals surface area contributed by atoms with Crippen LogP contribution in [0.2, 0.25) is 0 Å². The quantitative estimate of drug-likeness (QED) is 0.485. The predicted molar refractivity (Wildman–Crippen MR) is 50.6 cm³/mol. The van der Waals surface area contributed by atoms with E-state index in [1.165, 1.54) is 5.56 Å². The SMILES string of the molecule is CC(C)=NOc1ccc(C)cc1. The summed E-state index contributed by atoms with van der Waals surface area (Å²) in [4.78, 5) is 5.11. The molecule has 0 saturated carbocycles. The van der Waals surface area contributed by atoms with Gasteiger partial charge in [0.25, 0.3) is 0 Å². The molecule has 0 atom stereocenters. The lowest BCUT2D eigenvalue weighted by atomic mass is 10.2. The third kappa shape index (κ3) is 2.74. The summed E-state index contributed by atoms with van der Waals surface area (Å²) in [5, 5.41) is 3.84. The molecule has 0 amide bonds. The molecule has 0 unspecified atom stereocenters. The van der Waals surface area contributed by atoms with Crippen LogP contribution in [0.4, 0.5) is 0 Å². The van der Waals surface area contributed by atoms with Gasteiger partial charge in [0, 0.05) is 0 Å². The van der Waals surface area contributed by atoms with Gasteiger partial charge in [-0.15, -0.1) is 0 Å². The lowest BCUT2D eigenvalue weighted by Crippen LogP contribution is -1.88. The van der Waals surface area contributed by atoms with Crippen LogP contribution in [0.3, 0.4) is 0 Å². The fourth-order valence-corrected chi connectivity index (χ4v) is 0.743. The molecule has 1 rings (SSSR count). The Morgan fingerprint density at radius 3 is 2.25 bits per heavy atom. The molecule has 0 aromatic heterocycles. The Hall–Kier alpha value is -1.31. The van der Waals surface area contributed by atoms with Crippen molar-refractivity contribution >= 4 is 5.71 Å². The number of hydrogen-bond acceptors (Lipinski definition) is 2. The summed E-state index contributed by atoms with van der Waals surface area (Å²) in [7, 11) is 0. The smallest absolute Gasteiger partial charge is 0.157 e. The van der Waals surface area contributed by atoms with E-state index >= 15 is 0 Å². The second kappa shape index (κ2) is 3.90. The number of oxime groups is 1. The van der Waals surface area contributed by atoms with Crippen LogP contribution in [0.1, 0.15) is 19.4 Å². The Bertz CT molecular complexity index is 270. The third-order valence-corrected chi connectivity index (χ3v) is 1.35. The van der Waals surface area contributed by atoms with Crippen LogP contribution in [0, 0.1) is 6.92 Å². The molecule has 0 aliphatic heterocycles. The summed E-state index contributed by atoms with van der Waals surface area (Å²) in [6.07, 6.45) is 0. The molecule has 0 aliphatic carbocycles. The fraction of sp³-hybridized carbons (Fsp3) is 0.300. The molecule has 0 spiro atoms. The van der Waals surface area contributed by atoms with Crippen molar-refractivity contribution in [1.82, 2.24) is 0 Å². The Morgan fingerprint density at radius 2 is 1.75 bits per heavy atom. The van der Waals surface area contributed by atoms with Crippen LogP contribution >= 0.6 is 0 Å². The minimum atomic E-state index is 0.779. The highest BCUT2D eigenvalue weighted by molar-refractivity contribution is 5.78. The van der Waals surface area contributed by atoms with Gasteiger partial charge in [-0.1, -0.05) is 22.9 Å². The molecular formula is C10H13NO. The Labute approximate surface area is 72.9 Å². The van der Waals surface area contributed by atoms with Gasteiger partial charge in [-0.05, 0) is 32.9 Å². The first kappa shape index (κ1) is 8.78. The highest BCUT2D eigenvalue weighted by atomic mass is 16.6. The maximum atomic E-state index is 5.11. The van der Waals surface area contributed by atoms with E-state index in [0.717, 1.165) is 11.5 Å². The summed E-state index contributed by atoms with van der Waals surface area (Å²) >= 11 is 0. The van der Waals surface area contributed by atoms with Crippen LogP contribution in [0.25, 0.3) is 0 Å². The van der Waals surface area contributed by atoms with E-state index in [2.05, 4.69) is 5.16 Å². The van der Waals surface area contributed by atoms with Crippen molar-refractivity contribution in [1.29, 1.82) is 0 Å². The second-order valence-electron chi connectivity index (χ2n) is 2.94. The van der Waals surface area contributed by atoms with E-state index in [1.807, 2.05) is 45.0 Å². The lowest BCUT2D eigenvalue weighted by Gasteiger charge is -1.98. The van der Waals surface area contributed by atoms with E-state index in [1.54, 1.807) is 0 Å². The molecule has 1 aromatic rings. The van der Waals surface area contributed by atoms with Crippen molar-refractivity contribution in [2.45, 2.75) is 20.8 Å². The van der Waals surface area contributed by atoms with Crippen LogP contribution in [-0.2, 0) is 0 Å². The van der Waals surface area contributed by atoms with Crippen molar-refractivity contribution in [3.05, 3.63) is 29.8 Å². The number of aryl methyl sites for hydroxylation is 1. The normalized spacial score (nSPS) is 9.25. The molecule has 0 N–H and O–H groups in total. The average Bonchev–Trinajstić information content (AvgIpc) is 2.03. The molecule has 0 saturated heterocycles. The first-order chi connectivity index (χ1) is 5.68. The standard InChI is InChI=1S/C10H13NO/c1-8(2)11-12-10-6-4-9(3)5-7-10/h4-7H,1-3H3. The molecule has 0 heterocycles. The van der Waals surface area contributed by atoms with Crippen molar-refractivity contribution in [3.63, 3.8) is 0 Å². The van der Waals surface area contributed by atoms with Crippen molar-refractivity contribution in [2.75, 3.05) is 0 Å². The molecule has 1 aromatic carbocycles. The van der Waals surface area contributed by atoms with Gasteiger partial charge in [0.1, 0.15) is 0 Å². The van der Waals surface area contributed by atoms with Crippen molar-refractivity contribution in [2.24, 2.45) is 5.16 Å². The largest absolute Gasteiger partial charge is 0.357 e. The summed E-state index contributed by atoms with van der Waals surface area (Å²) in [5.74, 6) is 0.779. The van der Waals surface area contributed by atoms with E-state index < -0.39 is 0 Å². The topological polar surface area (TPSA) is 21.6 Å². The zero-order valence-corrected chi connectivity index (χ0v) is 7.66. The minimum absolute atomic E-state index is 0.779. The highest BCUT2D eigenvalue weighted by Gasteiger charge is 1.90. The average molecular weight is 163 g/mol. The zero-order chi connectivity index (χ0) is 8.97. The number of rotatable bonds is 2. The van der Waals surface area contributed by atoms with E-state index in [0.29, 0.717) is 0 Å². The van der Waals surface area contributed by atoms with E-state index in [-0.39, 0.29) is 0 Å². The van der Waals surface area contributed by atoms with Gasteiger partial charge in [-0.2, -0.15) is 0 Å². The fourth-order valence-electron chi connectivity index (χ4n) is 0.743. The van der Waals surface area contributed by atoms with Gasteiger partial charge in [0.15, 0.2) is 5.75 Å². The maximum Gasteiger partial charge on any atom is 0.157 e. The van der Waals surface area contributed by atoms with Crippen LogP contribution in [0.5, 0.6) is 5.75 Å². The minimum Gasteiger partial charge on any atom is -0.357 e. The van der Waals surface area contributed by atoms with Crippen molar-refractivity contribution in [3.8, 4) is 5.75 Å². The molecule has 0 radical (unpaired) electrons. The molecule has 12 heavy (non-hydrogen) atoms. The van der Waals surface area contributed by atoms with Crippen molar-refractivity contribution < 1.29 is 4.84 Å². The van der Waals surface area contributed by atoms with Crippen LogP contribution in [-0.4, -0.2) is 5.71 Å². The van der Waals surface area contributed by atoms with Crippen LogP contribution in [0.15, 0.2) is 29.4 Å². The van der Waals surface area contributed by atoms with Gasteiger partial charge in [-0.25, -0.2) is 0 Å². The Kier molecular flexibility index (Phi) is 2.86. The van der Waals surface area contributed by atoms with E-state index in [4.69, 9.17) is 4.84 Å². The van der Waals surface area contributed by atoms with Gasteiger partial charge < -0.3 is 4.84 Å². The first-order valence-electron chi connectivity index (χ1n) is 3.93. The monoisotopic (exact) mass is 163 g/mol. The molecule has 64 valence electrons. The lowest BCUT2D eigenvalue weighted by molar-refractivity contribution is 0.340. The Morgan fingerprint density at radius 1 is 1.17 bits per heavy atom. The van der Waals surface area contributed by atoms with Gasteiger partial charge in [0.2, 0.25) is 0 Å². The van der Waals surface area contributed by atoms with E-state index in [9.17, 15) is 0 Å². The second-order valence-corrected chi connectivity index (χ2v) is 2.94. The van der Waals surface area contributed by atoms with Gasteiger partial charge in [0.05, 0.1) is 5.71 Å². The number of hydrogen-bond donors (Lipinski definition) is 0. The van der Waals surface area contributed by atoms with Gasteiger partial charge >= 0.3 is 0 Å². The molecule has 0 aliphatic rings. The zero-order valence-electron chi connectivity index (χ0n) is 7.66. The number of benzene rings is 1. The molecule has 2 heteroatoms. The number of nitrogens with zero attached hydrogens (tertiary/aromatic N) is 1. The summed E-state index contributed by atoms with van der Waals surface area (Å²) in [6, 6.07) is 7.80. The summed E-state index contributed by atoms with van der Waals surface area (Å²) in [6.45, 7) is 5.83. The molecular weight excluding hydrogens is 150 g/mol. The summed E-state index contributed by atoms with van der Waals surface area (Å²) < 4.78 is 0. The maximum absolute atomic E-state index is 5.11. The first-order valence-corrected chi connectivity index (χ1v) is 3.93. The molecule has 0 bridgehead atoms. The van der Waals surface area contributed by atoms with Crippen LogP contribution < -0.4 is 4.84 Å². The highest BCUT2D eigenvalue weighted by Crippen LogP contribution is 2.11. The molecule has 2 nitrogen and oxygen atoms in total. The predicted octanol–water partition coefficient (Wildman–Crippen LogP) is 2.77. The summed E-state index contributed by atoms with van der Waals surface area (Å²) in [5.41, 5.74) is 2.13.